The van der Waals surface area contributed by atoms with Gasteiger partial charge in [0.05, 0.1) is 41.2 Å². The fraction of sp³-hybridized carbons (Fsp3) is 0.423. The molecule has 0 aliphatic carbocycles. The van der Waals surface area contributed by atoms with Crippen LogP contribution in [0.3, 0.4) is 0 Å². The van der Waals surface area contributed by atoms with Crippen molar-refractivity contribution in [3.05, 3.63) is 50.5 Å². The third kappa shape index (κ3) is 10.2. The largest absolute Gasteiger partial charge is 0.494 e. The van der Waals surface area contributed by atoms with Crippen molar-refractivity contribution >= 4 is 69.2 Å². The van der Waals surface area contributed by atoms with Gasteiger partial charge in [-0.15, -0.1) is 24.0 Å². The Morgan fingerprint density at radius 1 is 1.26 bits per heavy atom. The van der Waals surface area contributed by atoms with E-state index < -0.39 is 12.2 Å². The second-order valence-electron chi connectivity index (χ2n) is 8.20. The number of carbonyl (C=O) groups excluding carboxylic acids is 3. The quantitative estimate of drug-likeness (QED) is 0.420. The van der Waals surface area contributed by atoms with Crippen molar-refractivity contribution in [3.8, 4) is 5.75 Å². The average molecular weight is 645 g/mol. The van der Waals surface area contributed by atoms with Gasteiger partial charge in [-0.2, -0.15) is 0 Å². The maximum atomic E-state index is 12.5. The monoisotopic (exact) mass is 643 g/mol. The molecule has 0 saturated carbocycles. The molecular formula is C26H34BrN3O7S2. The lowest BCUT2D eigenvalue weighted by atomic mass is 10.2. The number of halogens is 1. The number of hydrogen-bond acceptors (Lipinski definition) is 9. The minimum absolute atomic E-state index is 0.0400. The topological polar surface area (TPSA) is 107 Å². The molecule has 2 saturated heterocycles. The summed E-state index contributed by atoms with van der Waals surface area (Å²) in [6, 6.07) is 8.73. The minimum Gasteiger partial charge on any atom is -0.494 e. The van der Waals surface area contributed by atoms with E-state index in [-0.39, 0.29) is 31.5 Å². The standard InChI is InChI=1S/C20H20BrN3O6S.C3H8O.C3H6S/c1-28-15-8-12(23-6-7-29-11-18(23)25)2-3-14(15)24-10-13(30-20(24)27)9-22-19(26)16-4-5-17(21)31-16;1-3-4-2;1-3(2)4/h2-5,8,13H,6-7,9-11H2,1H3,(H,22,26);3H2,1-2H3;4H,1H2,2H3. The first kappa shape index (κ1) is 32.6. The summed E-state index contributed by atoms with van der Waals surface area (Å²) >= 11 is 8.43. The van der Waals surface area contributed by atoms with E-state index >= 15 is 0 Å². The fourth-order valence-corrected chi connectivity index (χ4v) is 4.71. The van der Waals surface area contributed by atoms with Gasteiger partial charge < -0.3 is 29.2 Å². The second kappa shape index (κ2) is 16.5. The van der Waals surface area contributed by atoms with E-state index in [1.807, 2.05) is 13.8 Å². The van der Waals surface area contributed by atoms with E-state index in [4.69, 9.17) is 14.2 Å². The number of thiophene rings is 1. The van der Waals surface area contributed by atoms with E-state index in [2.05, 4.69) is 45.2 Å². The summed E-state index contributed by atoms with van der Waals surface area (Å²) in [4.78, 5) is 41.3. The number of cyclic esters (lactones) is 1. The highest BCUT2D eigenvalue weighted by molar-refractivity contribution is 9.11. The molecule has 0 radical (unpaired) electrons. The Balaban J connectivity index is 0.000000590. The van der Waals surface area contributed by atoms with Crippen LogP contribution in [0.25, 0.3) is 0 Å². The molecule has 1 unspecified atom stereocenters. The lowest BCUT2D eigenvalue weighted by Crippen LogP contribution is -2.41. The zero-order chi connectivity index (χ0) is 28.9. The van der Waals surface area contributed by atoms with E-state index in [0.29, 0.717) is 35.2 Å². The summed E-state index contributed by atoms with van der Waals surface area (Å²) in [6.07, 6.45) is -1.02. The molecule has 2 fully saturated rings. The van der Waals surface area contributed by atoms with Gasteiger partial charge in [0, 0.05) is 32.0 Å². The third-order valence-electron chi connectivity index (χ3n) is 5.20. The van der Waals surface area contributed by atoms with Gasteiger partial charge in [-0.05, 0) is 58.9 Å². The summed E-state index contributed by atoms with van der Waals surface area (Å²) in [7, 11) is 3.18. The number of morpholine rings is 1. The van der Waals surface area contributed by atoms with Crippen molar-refractivity contribution in [2.24, 2.45) is 0 Å². The number of nitrogens with one attached hydrogen (secondary N) is 1. The molecule has 10 nitrogen and oxygen atoms in total. The van der Waals surface area contributed by atoms with Crippen molar-refractivity contribution in [2.75, 3.05) is 63.5 Å². The molecule has 39 heavy (non-hydrogen) atoms. The molecule has 1 aromatic heterocycles. The lowest BCUT2D eigenvalue weighted by molar-refractivity contribution is -0.125. The number of thiol groups is 1. The van der Waals surface area contributed by atoms with Gasteiger partial charge in [-0.25, -0.2) is 4.79 Å². The molecule has 1 atom stereocenters. The SMILES string of the molecule is C=C(C)S.CCOC.COc1cc(N2CCOCC2=O)ccc1N1CC(CNC(=O)c2ccc(Br)s2)OC1=O. The molecular weight excluding hydrogens is 610 g/mol. The van der Waals surface area contributed by atoms with Crippen molar-refractivity contribution in [1.29, 1.82) is 0 Å². The number of amides is 3. The predicted octanol–water partition coefficient (Wildman–Crippen LogP) is 4.74. The van der Waals surface area contributed by atoms with Crippen LogP contribution in [0.4, 0.5) is 16.2 Å². The minimum atomic E-state index is -0.522. The Morgan fingerprint density at radius 3 is 2.51 bits per heavy atom. The van der Waals surface area contributed by atoms with Crippen LogP contribution < -0.4 is 19.9 Å². The maximum Gasteiger partial charge on any atom is 0.414 e. The van der Waals surface area contributed by atoms with Gasteiger partial charge in [-0.3, -0.25) is 14.5 Å². The van der Waals surface area contributed by atoms with E-state index in [0.717, 1.165) is 15.3 Å². The summed E-state index contributed by atoms with van der Waals surface area (Å²) < 4.78 is 21.5. The summed E-state index contributed by atoms with van der Waals surface area (Å²) in [5.41, 5.74) is 1.21. The second-order valence-corrected chi connectivity index (χ2v) is 11.4. The van der Waals surface area contributed by atoms with Crippen molar-refractivity contribution in [3.63, 3.8) is 0 Å². The van der Waals surface area contributed by atoms with Crippen LogP contribution >= 0.6 is 39.9 Å². The van der Waals surface area contributed by atoms with Gasteiger partial charge in [0.1, 0.15) is 18.5 Å². The zero-order valence-corrected chi connectivity index (χ0v) is 25.7. The molecule has 3 heterocycles. The number of allylic oxidation sites excluding steroid dienone is 1. The van der Waals surface area contributed by atoms with E-state index in [1.54, 1.807) is 42.3 Å². The van der Waals surface area contributed by atoms with Gasteiger partial charge in [0.2, 0.25) is 0 Å². The molecule has 4 rings (SSSR count). The summed E-state index contributed by atoms with van der Waals surface area (Å²) in [5.74, 6) is 0.0967. The lowest BCUT2D eigenvalue weighted by Gasteiger charge is -2.28. The molecule has 13 heteroatoms. The first-order chi connectivity index (χ1) is 18.6. The van der Waals surface area contributed by atoms with Crippen LogP contribution in [-0.2, 0) is 19.0 Å². The number of ether oxygens (including phenoxy) is 4. The molecule has 0 bridgehead atoms. The molecule has 1 aromatic carbocycles. The van der Waals surface area contributed by atoms with Gasteiger partial charge in [-0.1, -0.05) is 6.58 Å². The van der Waals surface area contributed by atoms with Gasteiger partial charge in [0.15, 0.2) is 0 Å². The predicted molar refractivity (Wildman–Crippen MR) is 159 cm³/mol. The highest BCUT2D eigenvalue weighted by atomic mass is 79.9. The van der Waals surface area contributed by atoms with E-state index in [1.165, 1.54) is 23.3 Å². The van der Waals surface area contributed by atoms with Crippen LogP contribution in [0.15, 0.2) is 45.6 Å². The zero-order valence-electron chi connectivity index (χ0n) is 22.4. The van der Waals surface area contributed by atoms with Gasteiger partial charge in [0.25, 0.3) is 11.8 Å². The molecule has 2 aromatic rings. The molecule has 0 spiro atoms. The molecule has 3 amide bonds. The van der Waals surface area contributed by atoms with Gasteiger partial charge >= 0.3 is 6.09 Å². The van der Waals surface area contributed by atoms with Crippen molar-refractivity contribution < 1.29 is 33.3 Å². The van der Waals surface area contributed by atoms with E-state index in [9.17, 15) is 14.4 Å². The highest BCUT2D eigenvalue weighted by Gasteiger charge is 2.34. The normalized spacial score (nSPS) is 16.4. The Bertz CT molecular complexity index is 1140. The van der Waals surface area contributed by atoms with Crippen molar-refractivity contribution in [2.45, 2.75) is 20.0 Å². The van der Waals surface area contributed by atoms with Crippen LogP contribution in [0, 0.1) is 0 Å². The highest BCUT2D eigenvalue weighted by Crippen LogP contribution is 2.35. The number of nitrogens with zero attached hydrogens (tertiary/aromatic N) is 2. The smallest absolute Gasteiger partial charge is 0.414 e. The van der Waals surface area contributed by atoms with Crippen LogP contribution in [-0.4, -0.2) is 77.7 Å². The van der Waals surface area contributed by atoms with Crippen LogP contribution in [0.2, 0.25) is 0 Å². The Morgan fingerprint density at radius 2 is 1.95 bits per heavy atom. The maximum absolute atomic E-state index is 12.5. The molecule has 214 valence electrons. The first-order valence-electron chi connectivity index (χ1n) is 12.0. The Kier molecular flexibility index (Phi) is 13.8. The first-order valence-corrected chi connectivity index (χ1v) is 14.1. The fourth-order valence-electron chi connectivity index (χ4n) is 3.40. The molecule has 2 aliphatic rings. The molecule has 2 aliphatic heterocycles. The molecule has 1 N–H and O–H groups in total. The number of benzene rings is 1. The van der Waals surface area contributed by atoms with Crippen LogP contribution in [0.5, 0.6) is 5.75 Å². The number of anilines is 2. The summed E-state index contributed by atoms with van der Waals surface area (Å²) in [6.45, 7) is 9.45. The number of rotatable bonds is 7. The number of methoxy groups -OCH3 is 2. The Hall–Kier alpha value is -2.58. The van der Waals surface area contributed by atoms with Crippen LogP contribution in [0.1, 0.15) is 23.5 Å². The summed E-state index contributed by atoms with van der Waals surface area (Å²) in [5, 5.41) is 2.79. The Labute approximate surface area is 246 Å². The van der Waals surface area contributed by atoms with Crippen molar-refractivity contribution in [1.82, 2.24) is 5.32 Å². The number of hydrogen-bond donors (Lipinski definition) is 2. The third-order valence-corrected chi connectivity index (χ3v) is 6.82. The average Bonchev–Trinajstić information content (AvgIpc) is 3.52. The number of carbonyl (C=O) groups is 3.